The van der Waals surface area contributed by atoms with E-state index in [-0.39, 0.29) is 17.1 Å². The number of carboxylic acid groups (broad SMARTS) is 1. The molecule has 3 rings (SSSR count). The molecule has 4 N–H and O–H groups in total. The second kappa shape index (κ2) is 6.66. The van der Waals surface area contributed by atoms with Crippen LogP contribution in [-0.2, 0) is 0 Å². The number of benzene rings is 1. The van der Waals surface area contributed by atoms with Crippen LogP contribution < -0.4 is 11.2 Å². The van der Waals surface area contributed by atoms with Gasteiger partial charge in [-0.25, -0.2) is 14.8 Å². The van der Waals surface area contributed by atoms with Crippen molar-refractivity contribution in [2.45, 2.75) is 0 Å². The summed E-state index contributed by atoms with van der Waals surface area (Å²) in [5, 5.41) is 19.3. The molecule has 1 aromatic carbocycles. The van der Waals surface area contributed by atoms with Crippen molar-refractivity contribution in [1.82, 2.24) is 15.7 Å². The molecule has 10 heteroatoms. The number of nitrogen functional groups attached to an aromatic ring is 1. The molecule has 0 saturated carbocycles. The minimum atomic E-state index is -1.03. The molecule has 0 aliphatic rings. The van der Waals surface area contributed by atoms with Gasteiger partial charge in [-0.3, -0.25) is 4.79 Å². The third-order valence-electron chi connectivity index (χ3n) is 3.11. The van der Waals surface area contributed by atoms with E-state index in [1.807, 2.05) is 0 Å². The number of hydrazone groups is 1. The minimum absolute atomic E-state index is 0.147. The molecule has 10 nitrogen and oxygen atoms in total. The first-order valence-electron chi connectivity index (χ1n) is 6.89. The number of nitrogens with two attached hydrogens (primary N) is 1. The van der Waals surface area contributed by atoms with Crippen LogP contribution in [0, 0.1) is 0 Å². The van der Waals surface area contributed by atoms with Crippen molar-refractivity contribution >= 4 is 23.9 Å². The second-order valence-electron chi connectivity index (χ2n) is 4.79. The largest absolute Gasteiger partial charge is 0.478 e. The summed E-state index contributed by atoms with van der Waals surface area (Å²) in [6.45, 7) is 0. The molecule has 0 saturated heterocycles. The number of aromatic carboxylic acids is 1. The van der Waals surface area contributed by atoms with Crippen molar-refractivity contribution < 1.29 is 23.7 Å². The van der Waals surface area contributed by atoms with Gasteiger partial charge in [-0.2, -0.15) is 5.10 Å². The number of rotatable bonds is 5. The van der Waals surface area contributed by atoms with Crippen molar-refractivity contribution in [3.05, 3.63) is 53.4 Å². The quantitative estimate of drug-likeness (QED) is 0.464. The van der Waals surface area contributed by atoms with Crippen LogP contribution in [0.15, 0.2) is 50.5 Å². The molecule has 0 unspecified atom stereocenters. The van der Waals surface area contributed by atoms with Crippen LogP contribution in [0.3, 0.4) is 0 Å². The van der Waals surface area contributed by atoms with Crippen molar-refractivity contribution in [3.8, 4) is 11.3 Å². The molecule has 2 aromatic heterocycles. The van der Waals surface area contributed by atoms with Crippen LogP contribution in [-0.4, -0.2) is 33.5 Å². The van der Waals surface area contributed by atoms with Crippen LogP contribution in [0.4, 0.5) is 5.82 Å². The molecular weight excluding hydrogens is 330 g/mol. The van der Waals surface area contributed by atoms with E-state index in [1.54, 1.807) is 24.3 Å². The number of nitrogens with zero attached hydrogens (tertiary/aromatic N) is 3. The lowest BCUT2D eigenvalue weighted by molar-refractivity contribution is 0.0696. The first kappa shape index (κ1) is 15.9. The summed E-state index contributed by atoms with van der Waals surface area (Å²) >= 11 is 0. The molecule has 0 bridgehead atoms. The fraction of sp³-hybridized carbons (Fsp3) is 0. The Balaban J connectivity index is 1.69. The highest BCUT2D eigenvalue weighted by Crippen LogP contribution is 2.22. The first-order valence-corrected chi connectivity index (χ1v) is 6.89. The lowest BCUT2D eigenvalue weighted by Gasteiger charge is -1.99. The third-order valence-corrected chi connectivity index (χ3v) is 3.11. The molecule has 2 heterocycles. The highest BCUT2D eigenvalue weighted by atomic mass is 16.6. The lowest BCUT2D eigenvalue weighted by Crippen LogP contribution is -2.19. The van der Waals surface area contributed by atoms with E-state index in [2.05, 4.69) is 25.5 Å². The Morgan fingerprint density at radius 2 is 2.08 bits per heavy atom. The van der Waals surface area contributed by atoms with Crippen LogP contribution in [0.1, 0.15) is 26.6 Å². The van der Waals surface area contributed by atoms with Gasteiger partial charge in [0.25, 0.3) is 5.91 Å². The van der Waals surface area contributed by atoms with Gasteiger partial charge < -0.3 is 15.3 Å². The second-order valence-corrected chi connectivity index (χ2v) is 4.79. The minimum Gasteiger partial charge on any atom is -0.478 e. The Bertz CT molecular complexity index is 959. The molecule has 3 aromatic rings. The predicted octanol–water partition coefficient (Wildman–Crippen LogP) is 1.37. The fourth-order valence-electron chi connectivity index (χ4n) is 1.94. The summed E-state index contributed by atoms with van der Waals surface area (Å²) in [4.78, 5) is 22.7. The Hall–Kier alpha value is -3.95. The van der Waals surface area contributed by atoms with Crippen LogP contribution >= 0.6 is 0 Å². The number of carboxylic acids is 1. The van der Waals surface area contributed by atoms with Crippen LogP contribution in [0.5, 0.6) is 0 Å². The summed E-state index contributed by atoms with van der Waals surface area (Å²) in [5.41, 5.74) is 8.16. The van der Waals surface area contributed by atoms with Crippen LogP contribution in [0.25, 0.3) is 11.3 Å². The monoisotopic (exact) mass is 341 g/mol. The Morgan fingerprint density at radius 3 is 2.80 bits per heavy atom. The number of amides is 1. The SMILES string of the molecule is Nc1nonc1C(=O)NN=Cc1ccc(-c2cccc(C(=O)O)c2)o1. The van der Waals surface area contributed by atoms with E-state index >= 15 is 0 Å². The number of nitrogens with one attached hydrogen (secondary N) is 1. The average molecular weight is 341 g/mol. The number of carbonyl (C=O) groups is 2. The standard InChI is InChI=1S/C15H11N5O5/c16-13-12(19-25-20-13)14(21)18-17-7-10-4-5-11(24-10)8-2-1-3-9(6-8)15(22)23/h1-7H,(H2,16,20)(H,18,21)(H,22,23). The maximum Gasteiger partial charge on any atom is 0.335 e. The van der Waals surface area contributed by atoms with Gasteiger partial charge in [-0.15, -0.1) is 0 Å². The fourth-order valence-corrected chi connectivity index (χ4v) is 1.94. The number of aromatic nitrogens is 2. The van der Waals surface area contributed by atoms with Gasteiger partial charge in [-0.1, -0.05) is 12.1 Å². The van der Waals surface area contributed by atoms with E-state index in [0.29, 0.717) is 17.1 Å². The van der Waals surface area contributed by atoms with Gasteiger partial charge in [0.1, 0.15) is 11.5 Å². The van der Waals surface area contributed by atoms with Gasteiger partial charge in [-0.05, 0) is 34.6 Å². The Labute approximate surface area is 139 Å². The predicted molar refractivity (Wildman–Crippen MR) is 84.9 cm³/mol. The van der Waals surface area contributed by atoms with E-state index in [1.165, 1.54) is 18.3 Å². The normalized spacial score (nSPS) is 10.9. The zero-order chi connectivity index (χ0) is 17.8. The van der Waals surface area contributed by atoms with Gasteiger partial charge in [0, 0.05) is 5.56 Å². The Kier molecular flexibility index (Phi) is 4.24. The van der Waals surface area contributed by atoms with Gasteiger partial charge >= 0.3 is 5.97 Å². The number of hydrogen-bond acceptors (Lipinski definition) is 8. The number of carbonyl (C=O) groups excluding carboxylic acids is 1. The molecule has 0 atom stereocenters. The molecule has 0 spiro atoms. The van der Waals surface area contributed by atoms with Crippen molar-refractivity contribution in [2.75, 3.05) is 5.73 Å². The topological polar surface area (TPSA) is 157 Å². The zero-order valence-electron chi connectivity index (χ0n) is 12.5. The summed E-state index contributed by atoms with van der Waals surface area (Å²) < 4.78 is 9.85. The number of furan rings is 1. The summed E-state index contributed by atoms with van der Waals surface area (Å²) in [5.74, 6) is -1.05. The smallest absolute Gasteiger partial charge is 0.335 e. The zero-order valence-corrected chi connectivity index (χ0v) is 12.5. The van der Waals surface area contributed by atoms with E-state index in [9.17, 15) is 9.59 Å². The molecule has 1 amide bonds. The number of anilines is 1. The Morgan fingerprint density at radius 1 is 1.24 bits per heavy atom. The van der Waals surface area contributed by atoms with Crippen molar-refractivity contribution in [3.63, 3.8) is 0 Å². The molecule has 0 aliphatic carbocycles. The third kappa shape index (κ3) is 3.52. The molecule has 0 radical (unpaired) electrons. The van der Waals surface area contributed by atoms with Gasteiger partial charge in [0.15, 0.2) is 0 Å². The summed E-state index contributed by atoms with van der Waals surface area (Å²) in [6, 6.07) is 9.58. The van der Waals surface area contributed by atoms with Crippen molar-refractivity contribution in [2.24, 2.45) is 5.10 Å². The van der Waals surface area contributed by atoms with Gasteiger partial charge in [0.2, 0.25) is 11.5 Å². The van der Waals surface area contributed by atoms with E-state index in [4.69, 9.17) is 15.3 Å². The molecular formula is C15H11N5O5. The molecule has 0 fully saturated rings. The maximum absolute atomic E-state index is 11.7. The summed E-state index contributed by atoms with van der Waals surface area (Å²) in [7, 11) is 0. The van der Waals surface area contributed by atoms with E-state index in [0.717, 1.165) is 0 Å². The molecule has 126 valence electrons. The molecule has 25 heavy (non-hydrogen) atoms. The molecule has 0 aliphatic heterocycles. The summed E-state index contributed by atoms with van der Waals surface area (Å²) in [6.07, 6.45) is 1.27. The van der Waals surface area contributed by atoms with Crippen molar-refractivity contribution in [1.29, 1.82) is 0 Å². The lowest BCUT2D eigenvalue weighted by atomic mass is 10.1. The first-order chi connectivity index (χ1) is 12.0. The van der Waals surface area contributed by atoms with Crippen LogP contribution in [0.2, 0.25) is 0 Å². The number of hydrogen-bond donors (Lipinski definition) is 3. The maximum atomic E-state index is 11.7. The highest BCUT2D eigenvalue weighted by Gasteiger charge is 2.15. The van der Waals surface area contributed by atoms with Gasteiger partial charge in [0.05, 0.1) is 11.8 Å². The highest BCUT2D eigenvalue weighted by molar-refractivity contribution is 5.96. The average Bonchev–Trinajstić information content (AvgIpc) is 3.24. The van der Waals surface area contributed by atoms with E-state index < -0.39 is 11.9 Å².